The Balaban J connectivity index is 0. The molecule has 0 radical (unpaired) electrons. The van der Waals surface area contributed by atoms with E-state index < -0.39 is 12.1 Å². The SMILES string of the molecule is CC(=O)C(C)O.CCCCCCCCCCCC(=O)O. The highest BCUT2D eigenvalue weighted by atomic mass is 16.4. The number of carbonyl (C=O) groups is 2. The molecule has 0 aliphatic heterocycles. The van der Waals surface area contributed by atoms with Gasteiger partial charge in [0.2, 0.25) is 0 Å². The van der Waals surface area contributed by atoms with E-state index in [-0.39, 0.29) is 5.78 Å². The van der Waals surface area contributed by atoms with E-state index in [1.165, 1.54) is 58.8 Å². The van der Waals surface area contributed by atoms with E-state index in [0.29, 0.717) is 6.42 Å². The van der Waals surface area contributed by atoms with E-state index in [4.69, 9.17) is 10.2 Å². The number of rotatable bonds is 11. The molecule has 1 atom stereocenters. The van der Waals surface area contributed by atoms with Crippen molar-refractivity contribution >= 4 is 11.8 Å². The zero-order valence-electron chi connectivity index (χ0n) is 13.4. The summed E-state index contributed by atoms with van der Waals surface area (Å²) in [6.07, 6.45) is 10.7. The molecule has 0 saturated carbocycles. The van der Waals surface area contributed by atoms with Gasteiger partial charge in [-0.1, -0.05) is 58.3 Å². The fraction of sp³-hybridized carbons (Fsp3) is 0.875. The summed E-state index contributed by atoms with van der Waals surface area (Å²) >= 11 is 0. The molecule has 0 aliphatic carbocycles. The second-order valence-corrected chi connectivity index (χ2v) is 5.26. The number of carboxylic acids is 1. The first-order chi connectivity index (χ1) is 9.41. The number of aliphatic hydroxyl groups is 1. The predicted molar refractivity (Wildman–Crippen MR) is 81.8 cm³/mol. The Labute approximate surface area is 123 Å². The van der Waals surface area contributed by atoms with Gasteiger partial charge in [0, 0.05) is 6.42 Å². The molecule has 0 heterocycles. The Hall–Kier alpha value is -0.900. The maximum absolute atomic E-state index is 10.2. The molecule has 20 heavy (non-hydrogen) atoms. The largest absolute Gasteiger partial charge is 0.481 e. The Bertz CT molecular complexity index is 237. The Morgan fingerprint density at radius 3 is 1.55 bits per heavy atom. The van der Waals surface area contributed by atoms with Crippen molar-refractivity contribution in [2.24, 2.45) is 0 Å². The fourth-order valence-corrected chi connectivity index (χ4v) is 1.59. The molecule has 0 aliphatic rings. The summed E-state index contributed by atoms with van der Waals surface area (Å²) in [5.41, 5.74) is 0. The minimum Gasteiger partial charge on any atom is -0.481 e. The van der Waals surface area contributed by atoms with Crippen LogP contribution in [0.2, 0.25) is 0 Å². The number of unbranched alkanes of at least 4 members (excludes halogenated alkanes) is 8. The maximum atomic E-state index is 10.2. The third kappa shape index (κ3) is 22.3. The molecule has 1 unspecified atom stereocenters. The first-order valence-corrected chi connectivity index (χ1v) is 7.82. The Morgan fingerprint density at radius 1 is 0.900 bits per heavy atom. The van der Waals surface area contributed by atoms with Gasteiger partial charge in [0.05, 0.1) is 0 Å². The van der Waals surface area contributed by atoms with E-state index in [9.17, 15) is 9.59 Å². The van der Waals surface area contributed by atoms with Crippen molar-refractivity contribution < 1.29 is 19.8 Å². The molecule has 4 nitrogen and oxygen atoms in total. The van der Waals surface area contributed by atoms with Crippen LogP contribution in [0.3, 0.4) is 0 Å². The molecule has 120 valence electrons. The molecular weight excluding hydrogens is 256 g/mol. The van der Waals surface area contributed by atoms with Crippen molar-refractivity contribution in [1.82, 2.24) is 0 Å². The van der Waals surface area contributed by atoms with E-state index in [1.807, 2.05) is 0 Å². The third-order valence-electron chi connectivity index (χ3n) is 3.08. The molecule has 0 amide bonds. The van der Waals surface area contributed by atoms with Crippen LogP contribution in [-0.4, -0.2) is 28.1 Å². The first-order valence-electron chi connectivity index (χ1n) is 7.82. The number of aliphatic carboxylic acids is 1. The van der Waals surface area contributed by atoms with Gasteiger partial charge in [0.1, 0.15) is 6.10 Å². The highest BCUT2D eigenvalue weighted by Crippen LogP contribution is 2.10. The number of aliphatic hydroxyl groups excluding tert-OH is 1. The molecule has 0 aromatic rings. The molecule has 0 aromatic carbocycles. The zero-order chi connectivity index (χ0) is 15.8. The second kappa shape index (κ2) is 16.2. The van der Waals surface area contributed by atoms with Crippen LogP contribution < -0.4 is 0 Å². The highest BCUT2D eigenvalue weighted by molar-refractivity contribution is 5.79. The van der Waals surface area contributed by atoms with Gasteiger partial charge in [-0.15, -0.1) is 0 Å². The highest BCUT2D eigenvalue weighted by Gasteiger charge is 1.97. The van der Waals surface area contributed by atoms with Crippen molar-refractivity contribution in [3.05, 3.63) is 0 Å². The molecular formula is C16H32O4. The molecule has 0 rings (SSSR count). The van der Waals surface area contributed by atoms with Gasteiger partial charge in [-0.25, -0.2) is 0 Å². The van der Waals surface area contributed by atoms with Crippen LogP contribution in [0.25, 0.3) is 0 Å². The smallest absolute Gasteiger partial charge is 0.303 e. The summed E-state index contributed by atoms with van der Waals surface area (Å²) in [6, 6.07) is 0. The average molecular weight is 288 g/mol. The van der Waals surface area contributed by atoms with Crippen molar-refractivity contribution in [2.45, 2.75) is 91.1 Å². The van der Waals surface area contributed by atoms with Crippen LogP contribution in [0.5, 0.6) is 0 Å². The number of Topliss-reactive ketones (excluding diaryl/α,β-unsaturated/α-hetero) is 1. The molecule has 0 bridgehead atoms. The van der Waals surface area contributed by atoms with Crippen LogP contribution in [0, 0.1) is 0 Å². The molecule has 0 saturated heterocycles. The number of ketones is 1. The summed E-state index contributed by atoms with van der Waals surface area (Å²) < 4.78 is 0. The second-order valence-electron chi connectivity index (χ2n) is 5.26. The van der Waals surface area contributed by atoms with Gasteiger partial charge in [0.15, 0.2) is 5.78 Å². The summed E-state index contributed by atoms with van der Waals surface area (Å²) in [6.45, 7) is 5.03. The summed E-state index contributed by atoms with van der Waals surface area (Å²) in [5.74, 6) is -0.844. The van der Waals surface area contributed by atoms with Gasteiger partial charge >= 0.3 is 5.97 Å². The monoisotopic (exact) mass is 288 g/mol. The van der Waals surface area contributed by atoms with E-state index in [2.05, 4.69) is 6.92 Å². The number of carbonyl (C=O) groups excluding carboxylic acids is 1. The third-order valence-corrected chi connectivity index (χ3v) is 3.08. The van der Waals surface area contributed by atoms with Gasteiger partial charge in [0.25, 0.3) is 0 Å². The standard InChI is InChI=1S/C12H24O2.C4H8O2/c1-2-3-4-5-6-7-8-9-10-11-12(13)14;1-3(5)4(2)6/h2-11H2,1H3,(H,13,14);3,5H,1-2H3. The molecule has 4 heteroatoms. The van der Waals surface area contributed by atoms with Crippen LogP contribution >= 0.6 is 0 Å². The van der Waals surface area contributed by atoms with Crippen LogP contribution in [-0.2, 0) is 9.59 Å². The van der Waals surface area contributed by atoms with Gasteiger partial charge in [-0.3, -0.25) is 9.59 Å². The summed E-state index contributed by atoms with van der Waals surface area (Å²) in [5, 5.41) is 16.7. The quantitative estimate of drug-likeness (QED) is 0.564. The van der Waals surface area contributed by atoms with Gasteiger partial charge in [-0.2, -0.15) is 0 Å². The van der Waals surface area contributed by atoms with Crippen molar-refractivity contribution in [2.75, 3.05) is 0 Å². The van der Waals surface area contributed by atoms with E-state index in [0.717, 1.165) is 12.8 Å². The zero-order valence-corrected chi connectivity index (χ0v) is 13.4. The molecule has 0 fully saturated rings. The molecule has 2 N–H and O–H groups in total. The topological polar surface area (TPSA) is 74.6 Å². The Morgan fingerprint density at radius 2 is 1.25 bits per heavy atom. The summed E-state index contributed by atoms with van der Waals surface area (Å²) in [7, 11) is 0. The first kappa shape index (κ1) is 21.4. The lowest BCUT2D eigenvalue weighted by Crippen LogP contribution is -2.10. The van der Waals surface area contributed by atoms with Crippen LogP contribution in [0.15, 0.2) is 0 Å². The maximum Gasteiger partial charge on any atom is 0.303 e. The minimum atomic E-state index is -0.787. The van der Waals surface area contributed by atoms with Crippen molar-refractivity contribution in [1.29, 1.82) is 0 Å². The Kier molecular flexibility index (Phi) is 17.3. The van der Waals surface area contributed by atoms with Gasteiger partial charge in [-0.05, 0) is 20.3 Å². The van der Waals surface area contributed by atoms with Gasteiger partial charge < -0.3 is 10.2 Å². The number of hydrogen-bond acceptors (Lipinski definition) is 3. The normalized spacial score (nSPS) is 11.4. The summed E-state index contributed by atoms with van der Waals surface area (Å²) in [4.78, 5) is 20.1. The molecule has 0 spiro atoms. The number of hydrogen-bond donors (Lipinski definition) is 2. The van der Waals surface area contributed by atoms with Crippen LogP contribution in [0.4, 0.5) is 0 Å². The predicted octanol–water partition coefficient (Wildman–Crippen LogP) is 3.95. The lowest BCUT2D eigenvalue weighted by Gasteiger charge is -2.00. The average Bonchev–Trinajstić information content (AvgIpc) is 2.37. The van der Waals surface area contributed by atoms with E-state index >= 15 is 0 Å². The number of carboxylic acid groups (broad SMARTS) is 1. The van der Waals surface area contributed by atoms with Crippen molar-refractivity contribution in [3.8, 4) is 0 Å². The van der Waals surface area contributed by atoms with Crippen molar-refractivity contribution in [3.63, 3.8) is 0 Å². The van der Waals surface area contributed by atoms with E-state index in [1.54, 1.807) is 0 Å². The lowest BCUT2D eigenvalue weighted by atomic mass is 10.1. The van der Waals surface area contributed by atoms with Crippen LogP contribution in [0.1, 0.15) is 85.0 Å². The fourth-order valence-electron chi connectivity index (χ4n) is 1.59. The molecule has 0 aromatic heterocycles. The minimum absolute atomic E-state index is 0.185. The lowest BCUT2D eigenvalue weighted by molar-refractivity contribution is -0.137.